The molecule has 0 saturated carbocycles. The molecule has 1 aromatic carbocycles. The van der Waals surface area contributed by atoms with Gasteiger partial charge in [0.05, 0.1) is 19.2 Å². The first-order valence-electron chi connectivity index (χ1n) is 10.8. The van der Waals surface area contributed by atoms with Gasteiger partial charge in [0.25, 0.3) is 5.91 Å². The van der Waals surface area contributed by atoms with Crippen molar-refractivity contribution in [2.45, 2.75) is 26.0 Å². The second-order valence-electron chi connectivity index (χ2n) is 8.39. The van der Waals surface area contributed by atoms with Gasteiger partial charge in [0.15, 0.2) is 0 Å². The third-order valence-electron chi connectivity index (χ3n) is 5.85. The molecule has 9 heteroatoms. The number of nitrogens with zero attached hydrogens (tertiary/aromatic N) is 3. The summed E-state index contributed by atoms with van der Waals surface area (Å²) in [5.41, 5.74) is 0.941. The van der Waals surface area contributed by atoms with Gasteiger partial charge in [-0.2, -0.15) is 0 Å². The number of halogens is 1. The molecule has 3 rings (SSSR count). The van der Waals surface area contributed by atoms with Gasteiger partial charge < -0.3 is 24.4 Å². The fraction of sp³-hybridized carbons (Fsp3) is 0.458. The predicted octanol–water partition coefficient (Wildman–Crippen LogP) is 2.21. The molecule has 33 heavy (non-hydrogen) atoms. The average molecular weight is 460 g/mol. The fourth-order valence-electron chi connectivity index (χ4n) is 3.77. The van der Waals surface area contributed by atoms with Crippen LogP contribution < -0.4 is 4.74 Å². The Balaban J connectivity index is 2.02. The zero-order valence-electron chi connectivity index (χ0n) is 19.3. The Kier molecular flexibility index (Phi) is 7.99. The maximum atomic E-state index is 14.4. The molecule has 0 bridgehead atoms. The highest BCUT2D eigenvalue weighted by Crippen LogP contribution is 2.31. The van der Waals surface area contributed by atoms with E-state index in [1.165, 1.54) is 24.3 Å². The highest BCUT2D eigenvalue weighted by molar-refractivity contribution is 5.98. The summed E-state index contributed by atoms with van der Waals surface area (Å²) < 4.78 is 25.4. The van der Waals surface area contributed by atoms with Crippen LogP contribution in [0.1, 0.15) is 24.2 Å². The Morgan fingerprint density at radius 3 is 2.79 bits per heavy atom. The topological polar surface area (TPSA) is 92.2 Å². The van der Waals surface area contributed by atoms with Gasteiger partial charge in [-0.15, -0.1) is 0 Å². The molecule has 1 aliphatic heterocycles. The molecule has 1 aliphatic rings. The smallest absolute Gasteiger partial charge is 0.259 e. The maximum Gasteiger partial charge on any atom is 0.259 e. The minimum Gasteiger partial charge on any atom is -0.472 e. The van der Waals surface area contributed by atoms with Gasteiger partial charge in [-0.1, -0.05) is 25.1 Å². The lowest BCUT2D eigenvalue weighted by Crippen LogP contribution is -2.50. The Morgan fingerprint density at radius 2 is 2.12 bits per heavy atom. The summed E-state index contributed by atoms with van der Waals surface area (Å²) in [6.07, 6.45) is 0.996. The third kappa shape index (κ3) is 5.48. The molecule has 0 fully saturated rings. The standard InChI is InChI=1S/C24H30FN3O5/c1-15-11-28(16(2)13-29)24(31)19-9-17(18-7-5-6-8-20(18)25)10-26-23(19)33-21(15)12-27(3)22(30)14-32-4/h5-10,15-16,21,29H,11-14H2,1-4H3/t15-,16+,21-/m1/s1. The van der Waals surface area contributed by atoms with Crippen molar-refractivity contribution in [1.29, 1.82) is 0 Å². The van der Waals surface area contributed by atoms with E-state index in [9.17, 15) is 19.1 Å². The van der Waals surface area contributed by atoms with Crippen LogP contribution in [0.25, 0.3) is 11.1 Å². The molecule has 1 aromatic heterocycles. The Labute approximate surface area is 192 Å². The first-order valence-corrected chi connectivity index (χ1v) is 10.8. The van der Waals surface area contributed by atoms with E-state index in [-0.39, 0.29) is 48.9 Å². The number of aliphatic hydroxyl groups excluding tert-OH is 1. The first-order chi connectivity index (χ1) is 15.8. The predicted molar refractivity (Wildman–Crippen MR) is 120 cm³/mol. The van der Waals surface area contributed by atoms with Crippen LogP contribution in [0.4, 0.5) is 4.39 Å². The lowest BCUT2D eigenvalue weighted by Gasteiger charge is -2.37. The molecule has 178 valence electrons. The van der Waals surface area contributed by atoms with Crippen LogP contribution >= 0.6 is 0 Å². The van der Waals surface area contributed by atoms with Crippen LogP contribution in [0.2, 0.25) is 0 Å². The van der Waals surface area contributed by atoms with Gasteiger partial charge in [-0.05, 0) is 19.1 Å². The van der Waals surface area contributed by atoms with Crippen LogP contribution in [0.3, 0.4) is 0 Å². The number of rotatable bonds is 7. The summed E-state index contributed by atoms with van der Waals surface area (Å²) in [5.74, 6) is -1.04. The lowest BCUT2D eigenvalue weighted by molar-refractivity contribution is -0.135. The van der Waals surface area contributed by atoms with E-state index >= 15 is 0 Å². The van der Waals surface area contributed by atoms with Gasteiger partial charge in [0.1, 0.15) is 24.1 Å². The van der Waals surface area contributed by atoms with Crippen LogP contribution in [0.5, 0.6) is 5.88 Å². The van der Waals surface area contributed by atoms with Gasteiger partial charge in [-0.3, -0.25) is 9.59 Å². The Morgan fingerprint density at radius 1 is 1.39 bits per heavy atom. The minimum atomic E-state index is -0.470. The minimum absolute atomic E-state index is 0.0510. The number of aromatic nitrogens is 1. The fourth-order valence-corrected chi connectivity index (χ4v) is 3.77. The molecular weight excluding hydrogens is 429 g/mol. The molecule has 8 nitrogen and oxygen atoms in total. The number of methoxy groups -OCH3 is 1. The highest BCUT2D eigenvalue weighted by atomic mass is 19.1. The van der Waals surface area contributed by atoms with E-state index in [1.807, 2.05) is 6.92 Å². The number of hydrogen-bond acceptors (Lipinski definition) is 6. The summed E-state index contributed by atoms with van der Waals surface area (Å²) >= 11 is 0. The van der Waals surface area contributed by atoms with Crippen molar-refractivity contribution in [3.63, 3.8) is 0 Å². The summed E-state index contributed by atoms with van der Waals surface area (Å²) in [6, 6.07) is 7.37. The van der Waals surface area contributed by atoms with Crippen molar-refractivity contribution < 1.29 is 28.6 Å². The molecule has 2 amide bonds. The van der Waals surface area contributed by atoms with E-state index in [0.717, 1.165) is 0 Å². The number of carbonyl (C=O) groups excluding carboxylic acids is 2. The van der Waals surface area contributed by atoms with Gasteiger partial charge in [-0.25, -0.2) is 9.37 Å². The average Bonchev–Trinajstić information content (AvgIpc) is 2.81. The lowest BCUT2D eigenvalue weighted by atomic mass is 9.99. The van der Waals surface area contributed by atoms with E-state index in [4.69, 9.17) is 9.47 Å². The number of fused-ring (bicyclic) bond motifs is 1. The summed E-state index contributed by atoms with van der Waals surface area (Å²) in [7, 11) is 3.11. The molecule has 0 aliphatic carbocycles. The number of pyridine rings is 1. The van der Waals surface area contributed by atoms with Gasteiger partial charge in [0, 0.05) is 43.9 Å². The second-order valence-corrected chi connectivity index (χ2v) is 8.39. The van der Waals surface area contributed by atoms with Gasteiger partial charge in [0.2, 0.25) is 11.8 Å². The van der Waals surface area contributed by atoms with Crippen LogP contribution in [-0.2, 0) is 9.53 Å². The van der Waals surface area contributed by atoms with E-state index < -0.39 is 18.0 Å². The van der Waals surface area contributed by atoms with Crippen LogP contribution in [-0.4, -0.2) is 84.3 Å². The molecule has 0 saturated heterocycles. The normalized spacial score (nSPS) is 19.2. The number of ether oxygens (including phenoxy) is 2. The molecule has 0 spiro atoms. The molecule has 2 heterocycles. The van der Waals surface area contributed by atoms with Crippen molar-refractivity contribution in [3.8, 4) is 17.0 Å². The Bertz CT molecular complexity index is 1000. The van der Waals surface area contributed by atoms with Crippen LogP contribution in [0.15, 0.2) is 36.5 Å². The molecule has 0 radical (unpaired) electrons. The number of aliphatic hydroxyl groups is 1. The van der Waals surface area contributed by atoms with E-state index in [2.05, 4.69) is 4.98 Å². The summed E-state index contributed by atoms with van der Waals surface area (Å²) in [4.78, 5) is 33.1. The van der Waals surface area contributed by atoms with Crippen LogP contribution in [0, 0.1) is 11.7 Å². The summed E-state index contributed by atoms with van der Waals surface area (Å²) in [6.45, 7) is 3.97. The highest BCUT2D eigenvalue weighted by Gasteiger charge is 2.34. The molecule has 3 atom stereocenters. The largest absolute Gasteiger partial charge is 0.472 e. The summed E-state index contributed by atoms with van der Waals surface area (Å²) in [5, 5.41) is 9.76. The SMILES string of the molecule is COCC(=O)N(C)C[C@H]1Oc2ncc(-c3ccccc3F)cc2C(=O)N([C@@H](C)CO)C[C@H]1C. The number of carbonyl (C=O) groups is 2. The number of hydrogen-bond donors (Lipinski definition) is 1. The third-order valence-corrected chi connectivity index (χ3v) is 5.85. The number of benzene rings is 1. The van der Waals surface area contributed by atoms with E-state index in [0.29, 0.717) is 17.7 Å². The second kappa shape index (κ2) is 10.7. The number of amides is 2. The monoisotopic (exact) mass is 459 g/mol. The zero-order valence-corrected chi connectivity index (χ0v) is 19.3. The molecule has 0 unspecified atom stereocenters. The molecule has 2 aromatic rings. The van der Waals surface area contributed by atoms with Crippen molar-refractivity contribution >= 4 is 11.8 Å². The van der Waals surface area contributed by atoms with Crippen molar-refractivity contribution in [1.82, 2.24) is 14.8 Å². The first kappa shape index (κ1) is 24.6. The van der Waals surface area contributed by atoms with Crippen molar-refractivity contribution in [2.24, 2.45) is 5.92 Å². The quantitative estimate of drug-likeness (QED) is 0.683. The number of likely N-dealkylation sites (N-methyl/N-ethyl adjacent to an activating group) is 1. The molecule has 1 N–H and O–H groups in total. The zero-order chi connectivity index (χ0) is 24.1. The van der Waals surface area contributed by atoms with Crippen molar-refractivity contribution in [3.05, 3.63) is 47.9 Å². The van der Waals surface area contributed by atoms with E-state index in [1.54, 1.807) is 43.1 Å². The van der Waals surface area contributed by atoms with Gasteiger partial charge >= 0.3 is 0 Å². The van der Waals surface area contributed by atoms with Crippen molar-refractivity contribution in [2.75, 3.05) is 40.5 Å². The molecular formula is C24H30FN3O5. The maximum absolute atomic E-state index is 14.4. The Hall–Kier alpha value is -3.04.